The molecule has 0 spiro atoms. The quantitative estimate of drug-likeness (QED) is 0.856. The van der Waals surface area contributed by atoms with Crippen LogP contribution in [0.15, 0.2) is 39.8 Å². The van der Waals surface area contributed by atoms with Gasteiger partial charge in [-0.2, -0.15) is 0 Å². The first-order chi connectivity index (χ1) is 11.9. The molecule has 3 rings (SSSR count). The number of carbonyl (C=O) groups is 1. The Hall–Kier alpha value is -2.12. The van der Waals surface area contributed by atoms with Crippen molar-refractivity contribution < 1.29 is 17.6 Å². The lowest BCUT2D eigenvalue weighted by Crippen LogP contribution is -2.31. The van der Waals surface area contributed by atoms with Gasteiger partial charge in [-0.3, -0.25) is 4.79 Å². The summed E-state index contributed by atoms with van der Waals surface area (Å²) in [6.45, 7) is 3.80. The lowest BCUT2D eigenvalue weighted by Gasteiger charge is -2.23. The predicted molar refractivity (Wildman–Crippen MR) is 93.9 cm³/mol. The molecule has 1 aliphatic rings. The molecule has 134 valence electrons. The molecule has 25 heavy (non-hydrogen) atoms. The number of benzene rings is 1. The average molecular weight is 362 g/mol. The molecule has 2 aromatic rings. The lowest BCUT2D eigenvalue weighted by atomic mass is 9.93. The number of hydrogen-bond acceptors (Lipinski definition) is 4. The number of furan rings is 1. The number of sulfonamides is 1. The minimum atomic E-state index is -3.60. The number of amides is 1. The number of nitrogens with one attached hydrogen (secondary N) is 2. The molecule has 1 aromatic heterocycles. The van der Waals surface area contributed by atoms with Crippen molar-refractivity contribution in [1.82, 2.24) is 10.0 Å². The van der Waals surface area contributed by atoms with Crippen molar-refractivity contribution in [2.45, 2.75) is 44.0 Å². The van der Waals surface area contributed by atoms with Crippen molar-refractivity contribution >= 4 is 15.9 Å². The maximum atomic E-state index is 12.7. The van der Waals surface area contributed by atoms with E-state index < -0.39 is 10.0 Å². The van der Waals surface area contributed by atoms with Crippen molar-refractivity contribution in [1.29, 1.82) is 0 Å². The number of rotatable bonds is 5. The van der Waals surface area contributed by atoms with Crippen LogP contribution in [0.1, 0.15) is 53.1 Å². The zero-order chi connectivity index (χ0) is 18.0. The van der Waals surface area contributed by atoms with E-state index in [4.69, 9.17) is 4.42 Å². The summed E-state index contributed by atoms with van der Waals surface area (Å²) in [4.78, 5) is 12.8. The molecule has 1 aliphatic carbocycles. The van der Waals surface area contributed by atoms with Gasteiger partial charge in [0, 0.05) is 24.1 Å². The van der Waals surface area contributed by atoms with Crippen molar-refractivity contribution in [2.24, 2.45) is 0 Å². The summed E-state index contributed by atoms with van der Waals surface area (Å²) in [5, 5.41) is 3.01. The second kappa shape index (κ2) is 7.01. The van der Waals surface area contributed by atoms with Gasteiger partial charge in [0.1, 0.15) is 5.76 Å². The van der Waals surface area contributed by atoms with Crippen molar-refractivity contribution in [2.75, 3.05) is 6.54 Å². The highest BCUT2D eigenvalue weighted by Gasteiger charge is 2.25. The van der Waals surface area contributed by atoms with Gasteiger partial charge in [0.25, 0.3) is 5.91 Å². The molecule has 0 bridgehead atoms. The largest absolute Gasteiger partial charge is 0.469 e. The fraction of sp³-hybridized carbons (Fsp3) is 0.389. The van der Waals surface area contributed by atoms with Gasteiger partial charge in [-0.15, -0.1) is 0 Å². The highest BCUT2D eigenvalue weighted by Crippen LogP contribution is 2.30. The van der Waals surface area contributed by atoms with Crippen LogP contribution in [-0.2, 0) is 16.4 Å². The van der Waals surface area contributed by atoms with Crippen LogP contribution in [-0.4, -0.2) is 20.9 Å². The van der Waals surface area contributed by atoms with Crippen molar-refractivity contribution in [3.63, 3.8) is 0 Å². The molecule has 1 aromatic carbocycles. The Morgan fingerprint density at radius 1 is 1.32 bits per heavy atom. The molecule has 0 aliphatic heterocycles. The zero-order valence-corrected chi connectivity index (χ0v) is 15.2. The van der Waals surface area contributed by atoms with E-state index in [0.29, 0.717) is 12.1 Å². The van der Waals surface area contributed by atoms with Gasteiger partial charge in [0.2, 0.25) is 10.0 Å². The zero-order valence-electron chi connectivity index (χ0n) is 14.3. The Kier molecular flexibility index (Phi) is 4.96. The highest BCUT2D eigenvalue weighted by molar-refractivity contribution is 7.89. The normalized spacial score (nSPS) is 17.1. The number of hydrogen-bond donors (Lipinski definition) is 2. The van der Waals surface area contributed by atoms with Crippen molar-refractivity contribution in [3.05, 3.63) is 53.0 Å². The topological polar surface area (TPSA) is 88.4 Å². The Labute approximate surface area is 147 Å². The molecule has 0 saturated heterocycles. The third-order valence-electron chi connectivity index (χ3n) is 4.46. The van der Waals surface area contributed by atoms with Gasteiger partial charge in [-0.05, 0) is 43.5 Å². The summed E-state index contributed by atoms with van der Waals surface area (Å²) in [5.41, 5.74) is 2.11. The van der Waals surface area contributed by atoms with E-state index in [1.165, 1.54) is 12.1 Å². The molecule has 0 saturated carbocycles. The summed E-state index contributed by atoms with van der Waals surface area (Å²) in [6, 6.07) is 6.38. The van der Waals surface area contributed by atoms with Gasteiger partial charge in [0.05, 0.1) is 17.2 Å². The third kappa shape index (κ3) is 3.62. The monoisotopic (exact) mass is 362 g/mol. The summed E-state index contributed by atoms with van der Waals surface area (Å²) >= 11 is 0. The Balaban J connectivity index is 1.86. The maximum Gasteiger partial charge on any atom is 0.252 e. The first-order valence-corrected chi connectivity index (χ1v) is 9.88. The summed E-state index contributed by atoms with van der Waals surface area (Å²) < 4.78 is 32.3. The number of fused-ring (bicyclic) bond motifs is 1. The Morgan fingerprint density at radius 3 is 2.88 bits per heavy atom. The molecular formula is C18H22N2O4S. The number of aryl methyl sites for hydroxylation is 2. The second-order valence-corrected chi connectivity index (χ2v) is 7.96. The molecule has 6 nitrogen and oxygen atoms in total. The molecular weight excluding hydrogens is 340 g/mol. The standard InChI is InChI=1S/C18H22N2O4S/c1-3-19-25(22,23)13-8-7-12(2)15(11-13)18(21)20-16-5-4-6-17-14(16)9-10-24-17/h7-11,16,19H,3-6H2,1-2H3,(H,20,21). The summed E-state index contributed by atoms with van der Waals surface area (Å²) in [6.07, 6.45) is 4.31. The van der Waals surface area contributed by atoms with Gasteiger partial charge in [-0.25, -0.2) is 13.1 Å². The Morgan fingerprint density at radius 2 is 2.12 bits per heavy atom. The van der Waals surface area contributed by atoms with Crippen LogP contribution >= 0.6 is 0 Å². The predicted octanol–water partition coefficient (Wildman–Crippen LogP) is 2.69. The second-order valence-electron chi connectivity index (χ2n) is 6.20. The van der Waals surface area contributed by atoms with Gasteiger partial charge >= 0.3 is 0 Å². The van der Waals surface area contributed by atoms with E-state index >= 15 is 0 Å². The van der Waals surface area contributed by atoms with Crippen LogP contribution in [0.25, 0.3) is 0 Å². The molecule has 7 heteroatoms. The van der Waals surface area contributed by atoms with Crippen LogP contribution in [0.4, 0.5) is 0 Å². The van der Waals surface area contributed by atoms with E-state index in [9.17, 15) is 13.2 Å². The van der Waals surface area contributed by atoms with E-state index in [1.807, 2.05) is 6.07 Å². The van der Waals surface area contributed by atoms with Gasteiger partial charge < -0.3 is 9.73 Å². The molecule has 1 amide bonds. The molecule has 2 N–H and O–H groups in total. The maximum absolute atomic E-state index is 12.7. The summed E-state index contributed by atoms with van der Waals surface area (Å²) in [5.74, 6) is 0.641. The molecule has 0 fully saturated rings. The Bertz CT molecular complexity index is 886. The minimum Gasteiger partial charge on any atom is -0.469 e. The fourth-order valence-corrected chi connectivity index (χ4v) is 4.23. The van der Waals surface area contributed by atoms with Crippen LogP contribution in [0.5, 0.6) is 0 Å². The highest BCUT2D eigenvalue weighted by atomic mass is 32.2. The first kappa shape index (κ1) is 17.7. The smallest absolute Gasteiger partial charge is 0.252 e. The van der Waals surface area contributed by atoms with Gasteiger partial charge in [-0.1, -0.05) is 13.0 Å². The first-order valence-electron chi connectivity index (χ1n) is 8.40. The molecule has 1 atom stereocenters. The van der Waals surface area contributed by atoms with E-state index in [-0.39, 0.29) is 16.8 Å². The minimum absolute atomic E-state index is 0.0951. The van der Waals surface area contributed by atoms with E-state index in [0.717, 1.165) is 36.1 Å². The van der Waals surface area contributed by atoms with Gasteiger partial charge in [0.15, 0.2) is 0 Å². The molecule has 0 radical (unpaired) electrons. The SMILES string of the molecule is CCNS(=O)(=O)c1ccc(C)c(C(=O)NC2CCCc3occc32)c1. The van der Waals surface area contributed by atoms with E-state index in [1.54, 1.807) is 26.2 Å². The van der Waals surface area contributed by atoms with Crippen LogP contribution in [0.3, 0.4) is 0 Å². The van der Waals surface area contributed by atoms with Crippen LogP contribution in [0, 0.1) is 6.92 Å². The number of carbonyl (C=O) groups excluding carboxylic acids is 1. The molecule has 1 heterocycles. The fourth-order valence-electron chi connectivity index (χ4n) is 3.16. The van der Waals surface area contributed by atoms with Crippen LogP contribution in [0.2, 0.25) is 0 Å². The van der Waals surface area contributed by atoms with Crippen molar-refractivity contribution in [3.8, 4) is 0 Å². The van der Waals surface area contributed by atoms with Crippen LogP contribution < -0.4 is 10.0 Å². The lowest BCUT2D eigenvalue weighted by molar-refractivity contribution is 0.0931. The summed E-state index contributed by atoms with van der Waals surface area (Å²) in [7, 11) is -3.60. The van der Waals surface area contributed by atoms with E-state index in [2.05, 4.69) is 10.0 Å². The average Bonchev–Trinajstić information content (AvgIpc) is 3.04. The third-order valence-corrected chi connectivity index (χ3v) is 6.00. The molecule has 1 unspecified atom stereocenters.